The summed E-state index contributed by atoms with van der Waals surface area (Å²) >= 11 is 0. The molecule has 16 heavy (non-hydrogen) atoms. The van der Waals surface area contributed by atoms with Crippen LogP contribution in [0.25, 0.3) is 0 Å². The summed E-state index contributed by atoms with van der Waals surface area (Å²) in [4.78, 5) is 11.2. The lowest BCUT2D eigenvalue weighted by atomic mass is 9.80. The van der Waals surface area contributed by atoms with Crippen molar-refractivity contribution in [2.75, 3.05) is 0 Å². The van der Waals surface area contributed by atoms with Crippen LogP contribution in [0.4, 0.5) is 4.79 Å². The smallest absolute Gasteiger partial charge is 0.425 e. The van der Waals surface area contributed by atoms with Crippen LogP contribution >= 0.6 is 0 Å². The van der Waals surface area contributed by atoms with Gasteiger partial charge in [0.1, 0.15) is 5.60 Å². The largest absolute Gasteiger partial charge is 0.513 e. The van der Waals surface area contributed by atoms with Crippen LogP contribution in [0, 0.1) is 5.41 Å². The lowest BCUT2D eigenvalue weighted by Gasteiger charge is -2.40. The average molecular weight is 243 g/mol. The first-order valence-corrected chi connectivity index (χ1v) is 5.39. The minimum absolute atomic E-state index is 0.195. The molecule has 1 unspecified atom stereocenters. The summed E-state index contributed by atoms with van der Waals surface area (Å²) in [7, 11) is 3.01. The molecule has 0 heterocycles. The first-order chi connectivity index (χ1) is 7.15. The molecule has 0 aromatic heterocycles. The molecule has 91 valence electrons. The Morgan fingerprint density at radius 1 is 1.31 bits per heavy atom. The summed E-state index contributed by atoms with van der Waals surface area (Å²) in [6.07, 6.45) is -0.0917. The third kappa shape index (κ3) is 4.36. The molecule has 0 amide bonds. The van der Waals surface area contributed by atoms with Crippen LogP contribution in [0.15, 0.2) is 12.8 Å². The Kier molecular flexibility index (Phi) is 5.22. The second-order valence-electron chi connectivity index (χ2n) is 5.10. The van der Waals surface area contributed by atoms with E-state index in [-0.39, 0.29) is 11.5 Å². The molecule has 0 bridgehead atoms. The lowest BCUT2D eigenvalue weighted by molar-refractivity contribution is -0.1000. The van der Waals surface area contributed by atoms with E-state index in [1.807, 2.05) is 20.8 Å². The molecule has 0 aliphatic carbocycles. The minimum Gasteiger partial charge on any atom is -0.425 e. The summed E-state index contributed by atoms with van der Waals surface area (Å²) < 4.78 is 14.9. The van der Waals surface area contributed by atoms with E-state index in [0.29, 0.717) is 0 Å². The van der Waals surface area contributed by atoms with E-state index < -0.39 is 11.8 Å². The maximum atomic E-state index is 11.2. The van der Waals surface area contributed by atoms with Gasteiger partial charge in [-0.25, -0.2) is 4.79 Å². The zero-order valence-electron chi connectivity index (χ0n) is 10.5. The first kappa shape index (κ1) is 15.2. The normalized spacial score (nSPS) is 14.1. The summed E-state index contributed by atoms with van der Waals surface area (Å²) in [6, 6.07) is 0. The van der Waals surface area contributed by atoms with Crippen LogP contribution < -0.4 is 0 Å². The number of hydrogen-bond acceptors (Lipinski definition) is 4. The van der Waals surface area contributed by atoms with Gasteiger partial charge in [-0.3, -0.25) is 0 Å². The fourth-order valence-corrected chi connectivity index (χ4v) is 2.36. The van der Waals surface area contributed by atoms with Crippen LogP contribution in [0.1, 0.15) is 34.6 Å². The molecule has 0 aromatic carbocycles. The topological polar surface area (TPSA) is 44.8 Å². The van der Waals surface area contributed by atoms with Gasteiger partial charge in [-0.2, -0.15) is 0 Å². The van der Waals surface area contributed by atoms with Gasteiger partial charge >= 0.3 is 6.16 Å². The summed E-state index contributed by atoms with van der Waals surface area (Å²) in [5.41, 5.74) is -1.01. The lowest BCUT2D eigenvalue weighted by Crippen LogP contribution is -2.49. The maximum Gasteiger partial charge on any atom is 0.513 e. The Hall–Kier alpha value is -0.813. The van der Waals surface area contributed by atoms with Crippen molar-refractivity contribution >= 4 is 16.6 Å². The quantitative estimate of drug-likeness (QED) is 0.432. The average Bonchev–Trinajstić information content (AvgIpc) is 1.99. The van der Waals surface area contributed by atoms with Gasteiger partial charge in [0, 0.05) is 0 Å². The Morgan fingerprint density at radius 3 is 2.12 bits per heavy atom. The molecule has 0 aromatic rings. The predicted octanol–water partition coefficient (Wildman–Crippen LogP) is 2.58. The standard InChI is InChI=1S/C11H19O4Si/c1-7-13-9(12)14-11(5,6)8(15-16)10(2,3)4/h7-8H,1H2,2-6H3. The van der Waals surface area contributed by atoms with Crippen molar-refractivity contribution in [1.29, 1.82) is 0 Å². The Balaban J connectivity index is 4.73. The van der Waals surface area contributed by atoms with E-state index in [2.05, 4.69) is 21.8 Å². The highest BCUT2D eigenvalue weighted by atomic mass is 28.2. The minimum atomic E-state index is -0.819. The molecule has 5 heteroatoms. The SMILES string of the molecule is C=COC(=O)OC(C)(C)C(O[Si])C(C)(C)C. The Morgan fingerprint density at radius 2 is 1.81 bits per heavy atom. The Bertz CT molecular complexity index is 255. The summed E-state index contributed by atoms with van der Waals surface area (Å²) in [5.74, 6) is 0. The van der Waals surface area contributed by atoms with Gasteiger partial charge in [0.05, 0.1) is 12.4 Å². The predicted molar refractivity (Wildman–Crippen MR) is 61.9 cm³/mol. The highest BCUT2D eigenvalue weighted by Gasteiger charge is 2.41. The van der Waals surface area contributed by atoms with Gasteiger partial charge in [0.25, 0.3) is 0 Å². The van der Waals surface area contributed by atoms with Gasteiger partial charge in [0.2, 0.25) is 10.5 Å². The summed E-state index contributed by atoms with van der Waals surface area (Å²) in [5, 5.41) is 0. The van der Waals surface area contributed by atoms with Crippen molar-refractivity contribution in [1.82, 2.24) is 0 Å². The molecule has 1 atom stereocenters. The highest BCUT2D eigenvalue weighted by Crippen LogP contribution is 2.32. The number of carbonyl (C=O) groups excluding carboxylic acids is 1. The van der Waals surface area contributed by atoms with E-state index in [0.717, 1.165) is 6.26 Å². The van der Waals surface area contributed by atoms with Crippen LogP contribution in [-0.4, -0.2) is 28.3 Å². The van der Waals surface area contributed by atoms with Crippen molar-refractivity contribution in [2.24, 2.45) is 5.41 Å². The zero-order valence-corrected chi connectivity index (χ0v) is 11.5. The van der Waals surface area contributed by atoms with E-state index in [9.17, 15) is 4.79 Å². The van der Waals surface area contributed by atoms with Crippen molar-refractivity contribution in [3.8, 4) is 0 Å². The highest BCUT2D eigenvalue weighted by molar-refractivity contribution is 5.98. The molecule has 4 nitrogen and oxygen atoms in total. The molecule has 0 aliphatic rings. The zero-order chi connectivity index (χ0) is 13.0. The van der Waals surface area contributed by atoms with Crippen molar-refractivity contribution < 1.29 is 18.7 Å². The van der Waals surface area contributed by atoms with Gasteiger partial charge < -0.3 is 13.9 Å². The van der Waals surface area contributed by atoms with Crippen molar-refractivity contribution in [3.63, 3.8) is 0 Å². The molecule has 0 saturated heterocycles. The number of hydrogen-bond donors (Lipinski definition) is 0. The van der Waals surface area contributed by atoms with E-state index in [1.165, 1.54) is 0 Å². The molecular weight excluding hydrogens is 224 g/mol. The van der Waals surface area contributed by atoms with Gasteiger partial charge in [-0.1, -0.05) is 27.4 Å². The molecule has 0 saturated carbocycles. The molecule has 0 rings (SSSR count). The molecule has 0 aliphatic heterocycles. The van der Waals surface area contributed by atoms with Crippen molar-refractivity contribution in [2.45, 2.75) is 46.3 Å². The van der Waals surface area contributed by atoms with Crippen LogP contribution in [0.5, 0.6) is 0 Å². The number of ether oxygens (including phenoxy) is 2. The van der Waals surface area contributed by atoms with Crippen LogP contribution in [0.3, 0.4) is 0 Å². The number of rotatable bonds is 4. The van der Waals surface area contributed by atoms with Crippen molar-refractivity contribution in [3.05, 3.63) is 12.8 Å². The third-order valence-electron chi connectivity index (χ3n) is 2.06. The third-order valence-corrected chi connectivity index (χ3v) is 2.30. The fraction of sp³-hybridized carbons (Fsp3) is 0.727. The number of carbonyl (C=O) groups is 1. The maximum absolute atomic E-state index is 11.2. The Labute approximate surface area is 100 Å². The second kappa shape index (κ2) is 5.50. The fourth-order valence-electron chi connectivity index (χ4n) is 1.72. The van der Waals surface area contributed by atoms with Crippen LogP contribution in [0.2, 0.25) is 0 Å². The molecular formula is C11H19O4Si. The van der Waals surface area contributed by atoms with E-state index in [4.69, 9.17) is 9.16 Å². The molecule has 3 radical (unpaired) electrons. The monoisotopic (exact) mass is 243 g/mol. The van der Waals surface area contributed by atoms with E-state index in [1.54, 1.807) is 13.8 Å². The van der Waals surface area contributed by atoms with E-state index >= 15 is 0 Å². The van der Waals surface area contributed by atoms with Gasteiger partial charge in [-0.15, -0.1) is 0 Å². The first-order valence-electron chi connectivity index (χ1n) is 4.98. The van der Waals surface area contributed by atoms with Gasteiger partial charge in [0.15, 0.2) is 0 Å². The molecule has 0 spiro atoms. The van der Waals surface area contributed by atoms with Gasteiger partial charge in [-0.05, 0) is 19.3 Å². The summed E-state index contributed by atoms with van der Waals surface area (Å²) in [6.45, 7) is 12.8. The van der Waals surface area contributed by atoms with Crippen LogP contribution in [-0.2, 0) is 13.9 Å². The molecule has 0 N–H and O–H groups in total. The molecule has 0 fully saturated rings. The second-order valence-corrected chi connectivity index (χ2v) is 5.34.